The normalized spacial score (nSPS) is 11.7. The van der Waals surface area contributed by atoms with Crippen molar-refractivity contribution in [2.75, 3.05) is 4.90 Å². The van der Waals surface area contributed by atoms with Crippen molar-refractivity contribution in [3.8, 4) is 16.8 Å². The molecule has 2 aromatic heterocycles. The van der Waals surface area contributed by atoms with E-state index in [9.17, 15) is 0 Å². The number of hydrogen-bond donors (Lipinski definition) is 0. The van der Waals surface area contributed by atoms with Crippen molar-refractivity contribution in [3.63, 3.8) is 0 Å². The van der Waals surface area contributed by atoms with Gasteiger partial charge in [0.2, 0.25) is 0 Å². The van der Waals surface area contributed by atoms with E-state index in [0.717, 1.165) is 17.1 Å². The van der Waals surface area contributed by atoms with Gasteiger partial charge in [-0.3, -0.25) is 0 Å². The van der Waals surface area contributed by atoms with Gasteiger partial charge in [-0.25, -0.2) is 0 Å². The molecular formula is C46H30N2S. The molecule has 0 N–H and O–H groups in total. The van der Waals surface area contributed by atoms with Gasteiger partial charge in [0.05, 0.1) is 16.7 Å². The Bertz CT molecular complexity index is 2810. The second-order valence-corrected chi connectivity index (χ2v) is 13.7. The summed E-state index contributed by atoms with van der Waals surface area (Å²) in [5, 5.41) is 7.67. The van der Waals surface area contributed by atoms with Crippen LogP contribution in [0.25, 0.3) is 69.6 Å². The lowest BCUT2D eigenvalue weighted by atomic mass is 10.0. The number of rotatable bonds is 5. The Hall–Kier alpha value is -6.16. The molecule has 3 heteroatoms. The number of benzene rings is 8. The SMILES string of the molecule is c1ccc(N(c2ccc(-c3ccc(-n4c5ccccc5c5cc6ccccc6cc54)cc3)cc2)c2cccc3sc4ccccc4c23)cc1. The highest BCUT2D eigenvalue weighted by molar-refractivity contribution is 7.26. The highest BCUT2D eigenvalue weighted by Gasteiger charge is 2.18. The van der Waals surface area contributed by atoms with E-state index in [4.69, 9.17) is 0 Å². The number of para-hydroxylation sites is 2. The standard InChI is InChI=1S/C46H30N2S/c1-2-13-35(14-3-1)47(42-18-10-20-45-46(42)39-16-7-9-19-44(39)49-45)36-25-21-31(22-26-36)32-23-27-37(28-24-32)48-41-17-8-6-15-38(41)40-29-33-11-4-5-12-34(33)30-43(40)48/h1-30H. The molecule has 0 aliphatic heterocycles. The molecule has 0 spiro atoms. The largest absolute Gasteiger partial charge is 0.310 e. The molecule has 0 radical (unpaired) electrons. The number of thiophene rings is 1. The van der Waals surface area contributed by atoms with Gasteiger partial charge < -0.3 is 9.47 Å². The first-order valence-corrected chi connectivity index (χ1v) is 17.5. The van der Waals surface area contributed by atoms with Gasteiger partial charge in [-0.15, -0.1) is 11.3 Å². The van der Waals surface area contributed by atoms with E-state index >= 15 is 0 Å². The monoisotopic (exact) mass is 642 g/mol. The fourth-order valence-corrected chi connectivity index (χ4v) is 8.61. The first kappa shape index (κ1) is 27.9. The van der Waals surface area contributed by atoms with Crippen LogP contribution in [0.15, 0.2) is 182 Å². The molecule has 2 nitrogen and oxygen atoms in total. The predicted molar refractivity (Wildman–Crippen MR) is 211 cm³/mol. The molecule has 0 fully saturated rings. The van der Waals surface area contributed by atoms with E-state index in [0.29, 0.717) is 0 Å². The second-order valence-electron chi connectivity index (χ2n) is 12.6. The number of fused-ring (bicyclic) bond motifs is 7. The third-order valence-corrected chi connectivity index (χ3v) is 10.9. The topological polar surface area (TPSA) is 8.17 Å². The quantitative estimate of drug-likeness (QED) is 0.181. The van der Waals surface area contributed by atoms with E-state index in [1.165, 1.54) is 69.6 Å². The van der Waals surface area contributed by atoms with Gasteiger partial charge >= 0.3 is 0 Å². The third-order valence-electron chi connectivity index (χ3n) is 9.76. The smallest absolute Gasteiger partial charge is 0.0554 e. The number of anilines is 3. The zero-order valence-electron chi connectivity index (χ0n) is 26.6. The van der Waals surface area contributed by atoms with Crippen LogP contribution < -0.4 is 4.90 Å². The van der Waals surface area contributed by atoms with Crippen LogP contribution in [0.4, 0.5) is 17.1 Å². The minimum absolute atomic E-state index is 1.13. The first-order chi connectivity index (χ1) is 24.3. The van der Waals surface area contributed by atoms with E-state index in [-0.39, 0.29) is 0 Å². The van der Waals surface area contributed by atoms with Gasteiger partial charge in [0.15, 0.2) is 0 Å². The van der Waals surface area contributed by atoms with Crippen molar-refractivity contribution in [2.24, 2.45) is 0 Å². The Labute approximate surface area is 288 Å². The molecule has 0 atom stereocenters. The lowest BCUT2D eigenvalue weighted by Gasteiger charge is -2.26. The lowest BCUT2D eigenvalue weighted by Crippen LogP contribution is -2.10. The molecule has 230 valence electrons. The summed E-state index contributed by atoms with van der Waals surface area (Å²) in [5.74, 6) is 0. The van der Waals surface area contributed by atoms with E-state index < -0.39 is 0 Å². The number of aromatic nitrogens is 1. The van der Waals surface area contributed by atoms with Crippen LogP contribution in [-0.2, 0) is 0 Å². The molecule has 8 aromatic carbocycles. The summed E-state index contributed by atoms with van der Waals surface area (Å²) < 4.78 is 5.01. The van der Waals surface area contributed by atoms with Crippen LogP contribution in [0.3, 0.4) is 0 Å². The minimum atomic E-state index is 1.13. The maximum Gasteiger partial charge on any atom is 0.0554 e. The maximum absolute atomic E-state index is 2.40. The molecule has 49 heavy (non-hydrogen) atoms. The van der Waals surface area contributed by atoms with Crippen molar-refractivity contribution in [2.45, 2.75) is 0 Å². The van der Waals surface area contributed by atoms with Gasteiger partial charge in [0.1, 0.15) is 0 Å². The van der Waals surface area contributed by atoms with Crippen molar-refractivity contribution < 1.29 is 0 Å². The van der Waals surface area contributed by atoms with Crippen molar-refractivity contribution >= 4 is 81.1 Å². The van der Waals surface area contributed by atoms with Crippen LogP contribution in [0, 0.1) is 0 Å². The zero-order valence-corrected chi connectivity index (χ0v) is 27.4. The second kappa shape index (κ2) is 11.2. The van der Waals surface area contributed by atoms with Crippen LogP contribution >= 0.6 is 11.3 Å². The fraction of sp³-hybridized carbons (Fsp3) is 0. The zero-order chi connectivity index (χ0) is 32.3. The van der Waals surface area contributed by atoms with Gasteiger partial charge in [-0.2, -0.15) is 0 Å². The molecule has 2 heterocycles. The third kappa shape index (κ3) is 4.55. The van der Waals surface area contributed by atoms with Crippen molar-refractivity contribution in [1.29, 1.82) is 0 Å². The number of nitrogens with zero attached hydrogens (tertiary/aromatic N) is 2. The molecule has 10 rings (SSSR count). The summed E-state index contributed by atoms with van der Waals surface area (Å²) in [7, 11) is 0. The summed E-state index contributed by atoms with van der Waals surface area (Å²) in [5.41, 5.74) is 9.46. The van der Waals surface area contributed by atoms with Crippen LogP contribution in [0.2, 0.25) is 0 Å². The average molecular weight is 643 g/mol. The highest BCUT2D eigenvalue weighted by atomic mass is 32.1. The van der Waals surface area contributed by atoms with E-state index in [1.54, 1.807) is 0 Å². The Kier molecular flexibility index (Phi) is 6.39. The number of hydrogen-bond acceptors (Lipinski definition) is 2. The van der Waals surface area contributed by atoms with Crippen molar-refractivity contribution in [3.05, 3.63) is 182 Å². The average Bonchev–Trinajstić information content (AvgIpc) is 3.71. The summed E-state index contributed by atoms with van der Waals surface area (Å²) in [4.78, 5) is 2.39. The summed E-state index contributed by atoms with van der Waals surface area (Å²) in [6.07, 6.45) is 0. The molecule has 0 amide bonds. The van der Waals surface area contributed by atoms with Crippen LogP contribution in [-0.4, -0.2) is 4.57 Å². The molecule has 0 saturated heterocycles. The molecule has 0 unspecified atom stereocenters. The van der Waals surface area contributed by atoms with Gasteiger partial charge in [0.25, 0.3) is 0 Å². The van der Waals surface area contributed by atoms with Gasteiger partial charge in [0, 0.05) is 48.0 Å². The van der Waals surface area contributed by atoms with Crippen LogP contribution in [0.5, 0.6) is 0 Å². The molecule has 0 aliphatic carbocycles. The van der Waals surface area contributed by atoms with Crippen LogP contribution in [0.1, 0.15) is 0 Å². The summed E-state index contributed by atoms with van der Waals surface area (Å²) >= 11 is 1.86. The lowest BCUT2D eigenvalue weighted by molar-refractivity contribution is 1.18. The fourth-order valence-electron chi connectivity index (χ4n) is 7.49. The maximum atomic E-state index is 2.40. The van der Waals surface area contributed by atoms with Gasteiger partial charge in [-0.05, 0) is 94.7 Å². The van der Waals surface area contributed by atoms with Crippen molar-refractivity contribution in [1.82, 2.24) is 4.57 Å². The Balaban J connectivity index is 1.05. The highest BCUT2D eigenvalue weighted by Crippen LogP contribution is 2.45. The molecule has 10 aromatic rings. The molecule has 0 bridgehead atoms. The molecule has 0 aliphatic rings. The molecule has 0 saturated carbocycles. The van der Waals surface area contributed by atoms with E-state index in [1.807, 2.05) is 11.3 Å². The predicted octanol–water partition coefficient (Wildman–Crippen LogP) is 13.4. The van der Waals surface area contributed by atoms with Gasteiger partial charge in [-0.1, -0.05) is 109 Å². The summed E-state index contributed by atoms with van der Waals surface area (Å²) in [6, 6.07) is 66.1. The Morgan fingerprint density at radius 3 is 1.82 bits per heavy atom. The Morgan fingerprint density at radius 2 is 1.02 bits per heavy atom. The summed E-state index contributed by atoms with van der Waals surface area (Å²) in [6.45, 7) is 0. The first-order valence-electron chi connectivity index (χ1n) is 16.7. The molecular weight excluding hydrogens is 613 g/mol. The van der Waals surface area contributed by atoms with E-state index in [2.05, 4.69) is 191 Å². The Morgan fingerprint density at radius 1 is 0.408 bits per heavy atom. The minimum Gasteiger partial charge on any atom is -0.310 e.